The smallest absolute Gasteiger partial charge is 0.409 e. The minimum absolute atomic E-state index is 0.0286. The minimum Gasteiger partial charge on any atom is -0.453 e. The average Bonchev–Trinajstić information content (AvgIpc) is 3.47. The molecule has 3 aromatic rings. The summed E-state index contributed by atoms with van der Waals surface area (Å²) in [5.41, 5.74) is 2.18. The molecule has 216 valence electrons. The molecule has 3 aromatic heterocycles. The highest BCUT2D eigenvalue weighted by molar-refractivity contribution is 5.99. The fraction of sp³-hybridized carbons (Fsp3) is 0.517. The number of aromatic nitrogens is 4. The van der Waals surface area contributed by atoms with E-state index in [9.17, 15) is 14.4 Å². The van der Waals surface area contributed by atoms with Gasteiger partial charge in [-0.05, 0) is 44.4 Å². The summed E-state index contributed by atoms with van der Waals surface area (Å²) in [6.45, 7) is 8.15. The third kappa shape index (κ3) is 5.12. The van der Waals surface area contributed by atoms with Gasteiger partial charge in [-0.1, -0.05) is 12.8 Å². The Morgan fingerprint density at radius 2 is 1.73 bits per heavy atom. The number of carbonyl (C=O) groups is 2. The van der Waals surface area contributed by atoms with Crippen molar-refractivity contribution in [3.8, 4) is 0 Å². The van der Waals surface area contributed by atoms with E-state index in [1.165, 1.54) is 14.0 Å². The molecular weight excluding hydrogens is 524 g/mol. The standard InChI is InChI=1S/C29H36N8O4/c1-18-23-15-31-28(33-26(23)37(20-6-4-5-7-20)27(39)25(18)19(2)38)32-24-9-8-21(14-30-24)36-16-22(17-36)34-10-12-35(13-11-34)29(40)41-3/h8-9,14-15,20,22H,4-7,10-13,16-17H2,1-3H3,(H,30,31,32,33). The molecule has 1 amide bonds. The summed E-state index contributed by atoms with van der Waals surface area (Å²) in [5, 5.41) is 3.90. The van der Waals surface area contributed by atoms with Crippen LogP contribution < -0.4 is 15.8 Å². The van der Waals surface area contributed by atoms with Gasteiger partial charge in [0.1, 0.15) is 11.5 Å². The molecule has 0 unspecified atom stereocenters. The zero-order chi connectivity index (χ0) is 28.7. The summed E-state index contributed by atoms with van der Waals surface area (Å²) in [7, 11) is 1.42. The Hall–Kier alpha value is -4.06. The number of aryl methyl sites for hydroxylation is 1. The van der Waals surface area contributed by atoms with E-state index in [4.69, 9.17) is 9.72 Å². The van der Waals surface area contributed by atoms with Gasteiger partial charge in [0.15, 0.2) is 5.78 Å². The van der Waals surface area contributed by atoms with Crippen molar-refractivity contribution in [1.82, 2.24) is 29.3 Å². The van der Waals surface area contributed by atoms with E-state index in [2.05, 4.69) is 25.1 Å². The van der Waals surface area contributed by atoms with Crippen LogP contribution in [0.4, 0.5) is 22.2 Å². The molecule has 12 nitrogen and oxygen atoms in total. The first-order valence-electron chi connectivity index (χ1n) is 14.3. The Morgan fingerprint density at radius 3 is 2.37 bits per heavy atom. The third-order valence-corrected chi connectivity index (χ3v) is 8.73. The maximum atomic E-state index is 13.4. The van der Waals surface area contributed by atoms with Crippen molar-refractivity contribution in [2.75, 3.05) is 56.6 Å². The Labute approximate surface area is 238 Å². The number of ether oxygens (including phenoxy) is 1. The molecule has 0 spiro atoms. The second-order valence-corrected chi connectivity index (χ2v) is 11.2. The van der Waals surface area contributed by atoms with Crippen molar-refractivity contribution in [3.63, 3.8) is 0 Å². The first kappa shape index (κ1) is 27.1. The lowest BCUT2D eigenvalue weighted by Gasteiger charge is -2.48. The summed E-state index contributed by atoms with van der Waals surface area (Å²) in [5.74, 6) is 0.729. The number of fused-ring (bicyclic) bond motifs is 1. The first-order chi connectivity index (χ1) is 19.8. The average molecular weight is 561 g/mol. The molecule has 12 heteroatoms. The molecule has 0 atom stereocenters. The Morgan fingerprint density at radius 1 is 1.00 bits per heavy atom. The molecule has 1 N–H and O–H groups in total. The van der Waals surface area contributed by atoms with Gasteiger partial charge in [0, 0.05) is 62.9 Å². The molecule has 1 saturated carbocycles. The van der Waals surface area contributed by atoms with Crippen LogP contribution in [0.2, 0.25) is 0 Å². The highest BCUT2D eigenvalue weighted by Crippen LogP contribution is 2.32. The number of pyridine rings is 2. The SMILES string of the molecule is COC(=O)N1CCN(C2CN(c3ccc(Nc4ncc5c(C)c(C(C)=O)c(=O)n(C6CCCC6)c5n4)nc3)C2)CC1. The first-order valence-corrected chi connectivity index (χ1v) is 14.3. The molecule has 3 aliphatic rings. The number of piperazine rings is 1. The largest absolute Gasteiger partial charge is 0.453 e. The van der Waals surface area contributed by atoms with Crippen molar-refractivity contribution < 1.29 is 14.3 Å². The molecule has 0 radical (unpaired) electrons. The molecule has 0 aromatic carbocycles. The molecule has 3 fully saturated rings. The van der Waals surface area contributed by atoms with Crippen molar-refractivity contribution in [1.29, 1.82) is 0 Å². The van der Waals surface area contributed by atoms with Crippen molar-refractivity contribution in [2.24, 2.45) is 0 Å². The molecule has 2 saturated heterocycles. The van der Waals surface area contributed by atoms with E-state index in [0.29, 0.717) is 42.1 Å². The number of nitrogens with zero attached hydrogens (tertiary/aromatic N) is 7. The topological polar surface area (TPSA) is 126 Å². The molecule has 1 aliphatic carbocycles. The quantitative estimate of drug-likeness (QED) is 0.450. The normalized spacial score (nSPS) is 18.5. The number of anilines is 3. The van der Waals surface area contributed by atoms with E-state index < -0.39 is 0 Å². The second kappa shape index (κ2) is 11.1. The predicted molar refractivity (Wildman–Crippen MR) is 155 cm³/mol. The van der Waals surface area contributed by atoms with E-state index >= 15 is 0 Å². The second-order valence-electron chi connectivity index (χ2n) is 11.2. The van der Waals surface area contributed by atoms with Gasteiger partial charge in [-0.15, -0.1) is 0 Å². The van der Waals surface area contributed by atoms with Crippen LogP contribution in [0.3, 0.4) is 0 Å². The number of hydrogen-bond donors (Lipinski definition) is 1. The third-order valence-electron chi connectivity index (χ3n) is 8.73. The highest BCUT2D eigenvalue weighted by atomic mass is 16.5. The number of rotatable bonds is 6. The Balaban J connectivity index is 1.14. The van der Waals surface area contributed by atoms with Crippen LogP contribution in [0.15, 0.2) is 29.3 Å². The summed E-state index contributed by atoms with van der Waals surface area (Å²) in [4.78, 5) is 57.8. The lowest BCUT2D eigenvalue weighted by atomic mass is 10.0. The summed E-state index contributed by atoms with van der Waals surface area (Å²) < 4.78 is 6.54. The summed E-state index contributed by atoms with van der Waals surface area (Å²) in [6, 6.07) is 4.42. The predicted octanol–water partition coefficient (Wildman–Crippen LogP) is 3.13. The molecule has 41 heavy (non-hydrogen) atoms. The molecule has 0 bridgehead atoms. The van der Waals surface area contributed by atoms with Crippen LogP contribution in [0.1, 0.15) is 54.6 Å². The van der Waals surface area contributed by atoms with Gasteiger partial charge < -0.3 is 19.9 Å². The fourth-order valence-electron chi connectivity index (χ4n) is 6.37. The van der Waals surface area contributed by atoms with E-state index in [-0.39, 0.29) is 29.0 Å². The van der Waals surface area contributed by atoms with Gasteiger partial charge >= 0.3 is 6.09 Å². The Bertz CT molecular complexity index is 1520. The molecule has 6 rings (SSSR count). The summed E-state index contributed by atoms with van der Waals surface area (Å²) >= 11 is 0. The number of Topliss-reactive ketones (excluding diaryl/α,β-unsaturated/α-hetero) is 1. The monoisotopic (exact) mass is 560 g/mol. The number of ketones is 1. The lowest BCUT2D eigenvalue weighted by Crippen LogP contribution is -2.63. The van der Waals surface area contributed by atoms with Gasteiger partial charge in [0.05, 0.1) is 24.6 Å². The number of nitrogens with one attached hydrogen (secondary N) is 1. The van der Waals surface area contributed by atoms with E-state index in [1.54, 1.807) is 22.6 Å². The number of hydrogen-bond acceptors (Lipinski definition) is 10. The van der Waals surface area contributed by atoms with Crippen molar-refractivity contribution in [2.45, 2.75) is 51.6 Å². The zero-order valence-electron chi connectivity index (χ0n) is 23.8. The van der Waals surface area contributed by atoms with Crippen LogP contribution >= 0.6 is 0 Å². The molecule has 5 heterocycles. The number of amides is 1. The zero-order valence-corrected chi connectivity index (χ0v) is 23.8. The van der Waals surface area contributed by atoms with Crippen LogP contribution in [0.5, 0.6) is 0 Å². The highest BCUT2D eigenvalue weighted by Gasteiger charge is 2.34. The van der Waals surface area contributed by atoms with Gasteiger partial charge in [-0.2, -0.15) is 4.98 Å². The fourth-order valence-corrected chi connectivity index (χ4v) is 6.37. The number of carbonyl (C=O) groups excluding carboxylic acids is 2. The van der Waals surface area contributed by atoms with Gasteiger partial charge in [-0.25, -0.2) is 14.8 Å². The maximum absolute atomic E-state index is 13.4. The lowest BCUT2D eigenvalue weighted by molar-refractivity contribution is 0.0676. The number of methoxy groups -OCH3 is 1. The van der Waals surface area contributed by atoms with Gasteiger partial charge in [0.25, 0.3) is 5.56 Å². The van der Waals surface area contributed by atoms with Crippen molar-refractivity contribution in [3.05, 3.63) is 46.0 Å². The maximum Gasteiger partial charge on any atom is 0.409 e. The van der Waals surface area contributed by atoms with E-state index in [0.717, 1.165) is 62.9 Å². The molecular formula is C29H36N8O4. The van der Waals surface area contributed by atoms with Crippen molar-refractivity contribution >= 4 is 40.4 Å². The van der Waals surface area contributed by atoms with Crippen LogP contribution in [0.25, 0.3) is 11.0 Å². The van der Waals surface area contributed by atoms with Gasteiger partial charge in [-0.3, -0.25) is 19.1 Å². The van der Waals surface area contributed by atoms with E-state index in [1.807, 2.05) is 18.3 Å². The van der Waals surface area contributed by atoms with Crippen LogP contribution in [-0.4, -0.2) is 93.6 Å². The minimum atomic E-state index is -0.264. The van der Waals surface area contributed by atoms with Gasteiger partial charge in [0.2, 0.25) is 5.95 Å². The van der Waals surface area contributed by atoms with Crippen LogP contribution in [-0.2, 0) is 4.74 Å². The summed E-state index contributed by atoms with van der Waals surface area (Å²) in [6.07, 6.45) is 7.17. The van der Waals surface area contributed by atoms with Crippen LogP contribution in [0, 0.1) is 6.92 Å². The Kier molecular flexibility index (Phi) is 7.33. The molecule has 2 aliphatic heterocycles.